The van der Waals surface area contributed by atoms with E-state index in [1.54, 1.807) is 39.3 Å². The van der Waals surface area contributed by atoms with Gasteiger partial charge < -0.3 is 0 Å². The van der Waals surface area contributed by atoms with E-state index in [2.05, 4.69) is 4.18 Å². The van der Waals surface area contributed by atoms with Crippen LogP contribution in [-0.4, -0.2) is 46.2 Å². The molecular weight excluding hydrogens is 356 g/mol. The van der Waals surface area contributed by atoms with Crippen LogP contribution in [-0.2, 0) is 36.9 Å². The topological polar surface area (TPSA) is 105 Å². The van der Waals surface area contributed by atoms with E-state index in [4.69, 9.17) is 11.9 Å². The average Bonchev–Trinajstić information content (AvgIpc) is 2.05. The van der Waals surface area contributed by atoms with Gasteiger partial charge in [-0.05, 0) is 46.2 Å². The van der Waals surface area contributed by atoms with Gasteiger partial charge in [0.05, 0.1) is 6.61 Å². The van der Waals surface area contributed by atoms with Crippen LogP contribution in [0.2, 0.25) is 39.3 Å². The molecule has 12 heteroatoms. The van der Waals surface area contributed by atoms with Crippen molar-refractivity contribution >= 4 is 37.4 Å². The zero-order valence-corrected chi connectivity index (χ0v) is 17.0. The summed E-state index contributed by atoms with van der Waals surface area (Å²) >= 11 is 0. The average molecular weight is 381 g/mol. The predicted molar refractivity (Wildman–Crippen MR) is 83.2 cm³/mol. The lowest BCUT2D eigenvalue weighted by atomic mass is 10.5. The van der Waals surface area contributed by atoms with Crippen molar-refractivity contribution in [2.75, 3.05) is 6.61 Å². The van der Waals surface area contributed by atoms with Crippen molar-refractivity contribution in [3.8, 4) is 0 Å². The molecule has 1 unspecified atom stereocenters. The van der Waals surface area contributed by atoms with E-state index in [0.29, 0.717) is 0 Å². The second-order valence-electron chi connectivity index (χ2n) is 6.40. The first-order valence-corrected chi connectivity index (χ1v) is 15.7. The van der Waals surface area contributed by atoms with Crippen LogP contribution in [0, 0.1) is 0 Å². The Morgan fingerprint density at radius 1 is 0.810 bits per heavy atom. The van der Waals surface area contributed by atoms with Gasteiger partial charge in [0.15, 0.2) is 0 Å². The largest absolute Gasteiger partial charge is 0.390 e. The normalized spacial score (nSPS) is 16.0. The SMILES string of the molecule is CC(COS(=O)(=O)O[Si](C)(C)C)OS(=O)(=O)O[Si](C)(C)C. The molecule has 0 amide bonds. The molecule has 0 heterocycles. The smallest absolute Gasteiger partial charge is 0.294 e. The quantitative estimate of drug-likeness (QED) is 0.555. The molecule has 0 aliphatic carbocycles. The molecule has 0 rings (SSSR count). The summed E-state index contributed by atoms with van der Waals surface area (Å²) in [5.41, 5.74) is 0. The highest BCUT2D eigenvalue weighted by atomic mass is 32.3. The Kier molecular flexibility index (Phi) is 7.22. The molecule has 8 nitrogen and oxygen atoms in total. The molecule has 0 N–H and O–H groups in total. The zero-order chi connectivity index (χ0) is 17.1. The minimum Gasteiger partial charge on any atom is -0.294 e. The highest BCUT2D eigenvalue weighted by molar-refractivity contribution is 7.83. The molecule has 128 valence electrons. The molecule has 0 radical (unpaired) electrons. The van der Waals surface area contributed by atoms with E-state index < -0.39 is 50.1 Å². The predicted octanol–water partition coefficient (Wildman–Crippen LogP) is 1.60. The lowest BCUT2D eigenvalue weighted by molar-refractivity contribution is 0.129. The summed E-state index contributed by atoms with van der Waals surface area (Å²) < 4.78 is 65.2. The maximum Gasteiger partial charge on any atom is 0.390 e. The molecule has 21 heavy (non-hydrogen) atoms. The molecule has 0 aliphatic heterocycles. The number of hydrogen-bond acceptors (Lipinski definition) is 8. The maximum atomic E-state index is 11.6. The lowest BCUT2D eigenvalue weighted by Crippen LogP contribution is -2.34. The van der Waals surface area contributed by atoms with Gasteiger partial charge in [0.2, 0.25) is 16.6 Å². The van der Waals surface area contributed by atoms with Crippen molar-refractivity contribution in [2.45, 2.75) is 52.3 Å². The molecular formula is C9H24O8S2Si2. The van der Waals surface area contributed by atoms with E-state index in [0.717, 1.165) is 0 Å². The maximum absolute atomic E-state index is 11.6. The van der Waals surface area contributed by atoms with Crippen molar-refractivity contribution in [3.63, 3.8) is 0 Å². The van der Waals surface area contributed by atoms with Crippen LogP contribution in [0.1, 0.15) is 6.92 Å². The number of rotatable bonds is 9. The Bertz CT molecular complexity index is 529. The fourth-order valence-electron chi connectivity index (χ4n) is 1.06. The summed E-state index contributed by atoms with van der Waals surface area (Å²) in [6.45, 7) is 11.0. The van der Waals surface area contributed by atoms with Crippen molar-refractivity contribution < 1.29 is 32.9 Å². The van der Waals surface area contributed by atoms with Gasteiger partial charge in [0.25, 0.3) is 0 Å². The Labute approximate surface area is 129 Å². The van der Waals surface area contributed by atoms with Crippen molar-refractivity contribution in [2.24, 2.45) is 0 Å². The van der Waals surface area contributed by atoms with Gasteiger partial charge in [-0.3, -0.25) is 7.74 Å². The third-order valence-electron chi connectivity index (χ3n) is 1.43. The fourth-order valence-corrected chi connectivity index (χ4v) is 7.13. The molecule has 0 saturated carbocycles. The summed E-state index contributed by atoms with van der Waals surface area (Å²) in [6.07, 6.45) is -1.02. The molecule has 0 saturated heterocycles. The summed E-state index contributed by atoms with van der Waals surface area (Å²) in [4.78, 5) is 0. The Morgan fingerprint density at radius 2 is 1.19 bits per heavy atom. The van der Waals surface area contributed by atoms with Crippen LogP contribution in [0.15, 0.2) is 0 Å². The molecule has 0 aromatic heterocycles. The summed E-state index contributed by atoms with van der Waals surface area (Å²) in [5, 5.41) is 0. The first kappa shape index (κ1) is 21.2. The minimum atomic E-state index is -4.19. The van der Waals surface area contributed by atoms with Gasteiger partial charge in [-0.2, -0.15) is 16.8 Å². The van der Waals surface area contributed by atoms with Crippen molar-refractivity contribution in [3.05, 3.63) is 0 Å². The summed E-state index contributed by atoms with van der Waals surface area (Å²) in [7, 11) is -13.0. The first-order chi connectivity index (χ1) is 9.02. The van der Waals surface area contributed by atoms with Gasteiger partial charge in [-0.1, -0.05) is 0 Å². The molecule has 0 fully saturated rings. The monoisotopic (exact) mass is 380 g/mol. The van der Waals surface area contributed by atoms with Crippen LogP contribution in [0.4, 0.5) is 0 Å². The van der Waals surface area contributed by atoms with Gasteiger partial charge in [0, 0.05) is 0 Å². The summed E-state index contributed by atoms with van der Waals surface area (Å²) in [6, 6.07) is 0. The fraction of sp³-hybridized carbons (Fsp3) is 1.00. The molecule has 0 spiro atoms. The van der Waals surface area contributed by atoms with E-state index in [1.165, 1.54) is 6.92 Å². The minimum absolute atomic E-state index is 0.485. The molecule has 0 aliphatic rings. The third-order valence-corrected chi connectivity index (χ3v) is 8.06. The third kappa shape index (κ3) is 12.4. The molecule has 1 atom stereocenters. The lowest BCUT2D eigenvalue weighted by Gasteiger charge is -2.20. The van der Waals surface area contributed by atoms with Crippen LogP contribution >= 0.6 is 0 Å². The zero-order valence-electron chi connectivity index (χ0n) is 13.4. The van der Waals surface area contributed by atoms with E-state index in [9.17, 15) is 16.8 Å². The van der Waals surface area contributed by atoms with Crippen LogP contribution in [0.3, 0.4) is 0 Å². The Hall–Kier alpha value is 0.174. The van der Waals surface area contributed by atoms with Crippen molar-refractivity contribution in [1.29, 1.82) is 0 Å². The second-order valence-corrected chi connectivity index (χ2v) is 18.2. The van der Waals surface area contributed by atoms with Crippen molar-refractivity contribution in [1.82, 2.24) is 0 Å². The van der Waals surface area contributed by atoms with Crippen LogP contribution in [0.25, 0.3) is 0 Å². The van der Waals surface area contributed by atoms with E-state index in [-0.39, 0.29) is 0 Å². The summed E-state index contributed by atoms with van der Waals surface area (Å²) in [5.74, 6) is 0. The van der Waals surface area contributed by atoms with Gasteiger partial charge >= 0.3 is 20.8 Å². The second kappa shape index (κ2) is 7.16. The van der Waals surface area contributed by atoms with Gasteiger partial charge in [0.1, 0.15) is 6.10 Å². The highest BCUT2D eigenvalue weighted by Gasteiger charge is 2.29. The standard InChI is InChI=1S/C9H24O8S2Si2/c1-9(15-19(12,13)17-21(5,6)7)8-14-18(10,11)16-20(2,3)4/h9H,8H2,1-7H3. The van der Waals surface area contributed by atoms with E-state index >= 15 is 0 Å². The van der Waals surface area contributed by atoms with Crippen LogP contribution < -0.4 is 0 Å². The molecule has 0 aromatic carbocycles. The first-order valence-electron chi connectivity index (χ1n) is 6.25. The highest BCUT2D eigenvalue weighted by Crippen LogP contribution is 2.14. The molecule has 0 aromatic rings. The number of hydrogen-bond donors (Lipinski definition) is 0. The van der Waals surface area contributed by atoms with Gasteiger partial charge in [-0.25, -0.2) is 8.37 Å². The van der Waals surface area contributed by atoms with E-state index in [1.807, 2.05) is 0 Å². The molecule has 0 bridgehead atoms. The Morgan fingerprint density at radius 3 is 1.57 bits per heavy atom. The Balaban J connectivity index is 4.50. The van der Waals surface area contributed by atoms with Crippen LogP contribution in [0.5, 0.6) is 0 Å². The van der Waals surface area contributed by atoms with Gasteiger partial charge in [-0.15, -0.1) is 0 Å².